The number of anilines is 1. The molecular formula is C33H43N3O4S. The van der Waals surface area contributed by atoms with Crippen LogP contribution in [0.2, 0.25) is 0 Å². The first-order valence-corrected chi connectivity index (χ1v) is 15.6. The monoisotopic (exact) mass is 577 g/mol. The van der Waals surface area contributed by atoms with E-state index in [-0.39, 0.29) is 23.3 Å². The summed E-state index contributed by atoms with van der Waals surface area (Å²) in [6, 6.07) is 19.1. The first-order valence-electron chi connectivity index (χ1n) is 14.1. The summed E-state index contributed by atoms with van der Waals surface area (Å²) in [7, 11) is -4.10. The Kier molecular flexibility index (Phi) is 10.7. The molecule has 0 bridgehead atoms. The van der Waals surface area contributed by atoms with Crippen LogP contribution in [0.1, 0.15) is 55.0 Å². The zero-order valence-electron chi connectivity index (χ0n) is 25.3. The number of carbonyl (C=O) groups is 2. The van der Waals surface area contributed by atoms with Crippen LogP contribution in [-0.4, -0.2) is 44.3 Å². The summed E-state index contributed by atoms with van der Waals surface area (Å²) in [4.78, 5) is 29.1. The molecule has 0 aliphatic carbocycles. The van der Waals surface area contributed by atoms with Gasteiger partial charge in [0.15, 0.2) is 0 Å². The number of sulfonamides is 1. The van der Waals surface area contributed by atoms with Crippen LogP contribution < -0.4 is 9.62 Å². The molecule has 0 heterocycles. The summed E-state index contributed by atoms with van der Waals surface area (Å²) in [5, 5.41) is 2.96. The number of aryl methyl sites for hydroxylation is 4. The van der Waals surface area contributed by atoms with Crippen molar-refractivity contribution in [3.05, 3.63) is 94.5 Å². The predicted octanol–water partition coefficient (Wildman–Crippen LogP) is 5.70. The zero-order chi connectivity index (χ0) is 30.3. The second-order valence-corrected chi connectivity index (χ2v) is 13.1. The Morgan fingerprint density at radius 2 is 1.34 bits per heavy atom. The lowest BCUT2D eigenvalue weighted by molar-refractivity contribution is -0.140. The molecule has 0 spiro atoms. The van der Waals surface area contributed by atoms with Crippen molar-refractivity contribution >= 4 is 27.5 Å². The van der Waals surface area contributed by atoms with Crippen LogP contribution in [0.15, 0.2) is 71.6 Å². The Bertz CT molecular complexity index is 1430. The predicted molar refractivity (Wildman–Crippen MR) is 165 cm³/mol. The molecule has 2 amide bonds. The highest BCUT2D eigenvalue weighted by atomic mass is 32.2. The molecule has 1 N–H and O–H groups in total. The summed E-state index contributed by atoms with van der Waals surface area (Å²) in [5.41, 5.74) is 5.04. The third-order valence-corrected chi connectivity index (χ3v) is 8.71. The number of amides is 2. The summed E-state index contributed by atoms with van der Waals surface area (Å²) in [6.07, 6.45) is 0.385. The topological polar surface area (TPSA) is 86.8 Å². The van der Waals surface area contributed by atoms with Crippen LogP contribution in [0.5, 0.6) is 0 Å². The van der Waals surface area contributed by atoms with Crippen LogP contribution >= 0.6 is 0 Å². The molecule has 3 aromatic carbocycles. The number of nitrogens with zero attached hydrogens (tertiary/aromatic N) is 2. The van der Waals surface area contributed by atoms with E-state index in [2.05, 4.69) is 5.32 Å². The quantitative estimate of drug-likeness (QED) is 0.299. The zero-order valence-corrected chi connectivity index (χ0v) is 26.1. The molecule has 0 saturated carbocycles. The molecule has 0 radical (unpaired) electrons. The number of carbonyl (C=O) groups excluding carboxylic acids is 2. The minimum atomic E-state index is -4.10. The lowest BCUT2D eigenvalue weighted by Crippen LogP contribution is -2.52. The van der Waals surface area contributed by atoms with Crippen LogP contribution in [0.25, 0.3) is 0 Å². The summed E-state index contributed by atoms with van der Waals surface area (Å²) < 4.78 is 29.3. The van der Waals surface area contributed by atoms with Gasteiger partial charge in [0.1, 0.15) is 12.6 Å². The van der Waals surface area contributed by atoms with Gasteiger partial charge in [-0.2, -0.15) is 0 Å². The Labute approximate surface area is 245 Å². The Hall–Kier alpha value is -3.65. The maximum atomic E-state index is 14.2. The highest BCUT2D eigenvalue weighted by Crippen LogP contribution is 2.27. The number of hydrogen-bond acceptors (Lipinski definition) is 4. The number of rotatable bonds is 12. The van der Waals surface area contributed by atoms with E-state index < -0.39 is 28.5 Å². The van der Waals surface area contributed by atoms with Crippen LogP contribution in [0.4, 0.5) is 5.69 Å². The molecule has 0 fully saturated rings. The van der Waals surface area contributed by atoms with Gasteiger partial charge in [0.25, 0.3) is 10.0 Å². The van der Waals surface area contributed by atoms with E-state index in [0.29, 0.717) is 18.7 Å². The standard InChI is InChI=1S/C33H43N3O4S/c1-8-31(33(38)34-20-23(2)3)35(21-28-13-9-24(4)10-14-28)32(37)22-36(29-18-26(6)17-27(7)19-29)41(39,40)30-15-11-25(5)12-16-30/h9-19,23,31H,8,20-22H2,1-7H3,(H,34,38)/t31-/m1/s1. The molecule has 3 rings (SSSR count). The molecule has 1 atom stereocenters. The highest BCUT2D eigenvalue weighted by Gasteiger charge is 2.33. The molecule has 41 heavy (non-hydrogen) atoms. The van der Waals surface area contributed by atoms with Gasteiger partial charge in [-0.05, 0) is 81.0 Å². The molecule has 0 aromatic heterocycles. The summed E-state index contributed by atoms with van der Waals surface area (Å²) >= 11 is 0. The lowest BCUT2D eigenvalue weighted by Gasteiger charge is -2.33. The van der Waals surface area contributed by atoms with Gasteiger partial charge in [0, 0.05) is 13.1 Å². The van der Waals surface area contributed by atoms with Gasteiger partial charge in [-0.3, -0.25) is 13.9 Å². The molecule has 0 unspecified atom stereocenters. The second-order valence-electron chi connectivity index (χ2n) is 11.2. The minimum absolute atomic E-state index is 0.0989. The fraction of sp³-hybridized carbons (Fsp3) is 0.394. The first-order chi connectivity index (χ1) is 19.3. The maximum absolute atomic E-state index is 14.2. The van der Waals surface area contributed by atoms with Crippen molar-refractivity contribution in [3.63, 3.8) is 0 Å². The van der Waals surface area contributed by atoms with Gasteiger partial charge in [0.05, 0.1) is 10.6 Å². The van der Waals surface area contributed by atoms with Crippen LogP contribution in [-0.2, 0) is 26.2 Å². The van der Waals surface area contributed by atoms with Crippen molar-refractivity contribution < 1.29 is 18.0 Å². The fourth-order valence-electron chi connectivity index (χ4n) is 4.69. The van der Waals surface area contributed by atoms with Gasteiger partial charge in [-0.15, -0.1) is 0 Å². The Morgan fingerprint density at radius 3 is 1.85 bits per heavy atom. The Morgan fingerprint density at radius 1 is 0.805 bits per heavy atom. The van der Waals surface area contributed by atoms with E-state index in [1.807, 2.05) is 78.8 Å². The second kappa shape index (κ2) is 13.8. The van der Waals surface area contributed by atoms with Crippen molar-refractivity contribution in [1.29, 1.82) is 0 Å². The maximum Gasteiger partial charge on any atom is 0.264 e. The van der Waals surface area contributed by atoms with Gasteiger partial charge >= 0.3 is 0 Å². The third kappa shape index (κ3) is 8.43. The summed E-state index contributed by atoms with van der Waals surface area (Å²) in [5.74, 6) is -0.453. The van der Waals surface area contributed by atoms with Gasteiger partial charge in [-0.1, -0.05) is 74.4 Å². The lowest BCUT2D eigenvalue weighted by atomic mass is 10.1. The number of nitrogens with one attached hydrogen (secondary N) is 1. The Balaban J connectivity index is 2.07. The van der Waals surface area contributed by atoms with E-state index in [1.165, 1.54) is 9.21 Å². The average molecular weight is 578 g/mol. The van der Waals surface area contributed by atoms with Crippen LogP contribution in [0.3, 0.4) is 0 Å². The highest BCUT2D eigenvalue weighted by molar-refractivity contribution is 7.92. The third-order valence-electron chi connectivity index (χ3n) is 6.93. The molecular weight excluding hydrogens is 534 g/mol. The molecule has 0 aliphatic heterocycles. The van der Waals surface area contributed by atoms with E-state index in [4.69, 9.17) is 0 Å². The van der Waals surface area contributed by atoms with Crippen molar-refractivity contribution in [1.82, 2.24) is 10.2 Å². The van der Waals surface area contributed by atoms with E-state index in [0.717, 1.165) is 27.8 Å². The molecule has 7 nitrogen and oxygen atoms in total. The molecule has 220 valence electrons. The molecule has 8 heteroatoms. The molecule has 3 aromatic rings. The first kappa shape index (κ1) is 31.9. The normalized spacial score (nSPS) is 12.2. The largest absolute Gasteiger partial charge is 0.354 e. The minimum Gasteiger partial charge on any atom is -0.354 e. The van der Waals surface area contributed by atoms with Crippen molar-refractivity contribution in [2.75, 3.05) is 17.4 Å². The van der Waals surface area contributed by atoms with E-state index in [9.17, 15) is 18.0 Å². The van der Waals surface area contributed by atoms with Crippen molar-refractivity contribution in [2.24, 2.45) is 5.92 Å². The van der Waals surface area contributed by atoms with Gasteiger partial charge in [-0.25, -0.2) is 8.42 Å². The number of benzene rings is 3. The average Bonchev–Trinajstić information content (AvgIpc) is 2.91. The van der Waals surface area contributed by atoms with E-state index in [1.54, 1.807) is 36.4 Å². The van der Waals surface area contributed by atoms with E-state index >= 15 is 0 Å². The van der Waals surface area contributed by atoms with Gasteiger partial charge < -0.3 is 10.2 Å². The van der Waals surface area contributed by atoms with Crippen molar-refractivity contribution in [3.8, 4) is 0 Å². The molecule has 0 saturated heterocycles. The summed E-state index contributed by atoms with van der Waals surface area (Å²) in [6.45, 7) is 13.8. The number of hydrogen-bond donors (Lipinski definition) is 1. The SMILES string of the molecule is CC[C@H](C(=O)NCC(C)C)N(Cc1ccc(C)cc1)C(=O)CN(c1cc(C)cc(C)c1)S(=O)(=O)c1ccc(C)cc1. The van der Waals surface area contributed by atoms with Crippen LogP contribution in [0, 0.1) is 33.6 Å². The smallest absolute Gasteiger partial charge is 0.264 e. The van der Waals surface area contributed by atoms with Crippen molar-refractivity contribution in [2.45, 2.75) is 72.4 Å². The van der Waals surface area contributed by atoms with Gasteiger partial charge in [0.2, 0.25) is 11.8 Å². The fourth-order valence-corrected chi connectivity index (χ4v) is 6.09. The molecule has 0 aliphatic rings.